The molecule has 4 fully saturated rings. The summed E-state index contributed by atoms with van der Waals surface area (Å²) in [4.78, 5) is 81.2. The molecule has 4 saturated heterocycles. The van der Waals surface area contributed by atoms with Crippen LogP contribution in [-0.4, -0.2) is 55.6 Å². The summed E-state index contributed by atoms with van der Waals surface area (Å²) in [7, 11) is 0. The van der Waals surface area contributed by atoms with E-state index in [1.165, 1.54) is 82.8 Å². The first-order valence-corrected chi connectivity index (χ1v) is 15.3. The zero-order valence-electron chi connectivity index (χ0n) is 25.4. The Morgan fingerprint density at radius 1 is 0.460 bits per heavy atom. The first-order valence-electron chi connectivity index (χ1n) is 15.3. The molecule has 4 aromatic rings. The van der Waals surface area contributed by atoms with E-state index >= 15 is 0 Å². The van der Waals surface area contributed by atoms with Gasteiger partial charge in [0.05, 0.1) is 45.1 Å². The number of carbonyl (C=O) groups is 4. The van der Waals surface area contributed by atoms with Gasteiger partial charge in [-0.05, 0) is 59.7 Å². The summed E-state index contributed by atoms with van der Waals surface area (Å²) in [6.45, 7) is 0. The van der Waals surface area contributed by atoms with Gasteiger partial charge < -0.3 is 0 Å². The van der Waals surface area contributed by atoms with Crippen LogP contribution >= 0.6 is 0 Å². The number of non-ortho nitro benzene ring substituents is 2. The van der Waals surface area contributed by atoms with Gasteiger partial charge in [-0.25, -0.2) is 28.6 Å². The van der Waals surface area contributed by atoms with Gasteiger partial charge in [0.25, 0.3) is 23.2 Å². The predicted octanol–water partition coefficient (Wildman–Crippen LogP) is 4.23. The van der Waals surface area contributed by atoms with Crippen molar-refractivity contribution in [1.29, 1.82) is 0 Å². The second kappa shape index (κ2) is 11.1. The number of nitrogens with zero attached hydrogens (tertiary/aromatic N) is 6. The lowest BCUT2D eigenvalue weighted by Crippen LogP contribution is -2.50. The molecule has 14 nitrogen and oxygen atoms in total. The van der Waals surface area contributed by atoms with Crippen LogP contribution in [0.4, 0.5) is 31.5 Å². The maximum absolute atomic E-state index is 14.4. The van der Waals surface area contributed by atoms with Crippen molar-refractivity contribution in [2.75, 3.05) is 9.80 Å². The number of rotatable bonds is 6. The van der Waals surface area contributed by atoms with E-state index in [0.29, 0.717) is 11.1 Å². The van der Waals surface area contributed by atoms with Crippen molar-refractivity contribution >= 4 is 46.4 Å². The molecule has 16 heteroatoms. The minimum absolute atomic E-state index is 0.0886. The molecule has 6 unspecified atom stereocenters. The van der Waals surface area contributed by atoms with Crippen LogP contribution in [0.3, 0.4) is 0 Å². The zero-order chi connectivity index (χ0) is 35.2. The Balaban J connectivity index is 1.33. The number of halogens is 2. The molecule has 4 aromatic carbocycles. The first-order chi connectivity index (χ1) is 24.0. The standard InChI is InChI=1S/C34H22F2N6O8/c35-19-5-13-21(14-6-19)37-31(43)25-27(17-1-9-23(10-2-17)41(47)48)39-30-26(32(44)38(34(30)46)22-15-7-20(36)8-16-22)28(40(39)29(25)33(37)45)18-3-11-24(12-4-18)42(49)50/h1-16,25-30H. The molecule has 4 aliphatic heterocycles. The lowest BCUT2D eigenvalue weighted by molar-refractivity contribution is -0.385. The summed E-state index contributed by atoms with van der Waals surface area (Å²) in [5, 5.41) is 26.0. The highest BCUT2D eigenvalue weighted by atomic mass is 19.1. The van der Waals surface area contributed by atoms with Gasteiger partial charge in [0, 0.05) is 24.3 Å². The highest BCUT2D eigenvalue weighted by Crippen LogP contribution is 2.59. The third-order valence-electron chi connectivity index (χ3n) is 9.79. The molecule has 0 spiro atoms. The maximum Gasteiger partial charge on any atom is 0.269 e. The van der Waals surface area contributed by atoms with E-state index in [1.807, 2.05) is 0 Å². The molecule has 0 aliphatic carbocycles. The van der Waals surface area contributed by atoms with Crippen LogP contribution < -0.4 is 9.80 Å². The molecule has 250 valence electrons. The van der Waals surface area contributed by atoms with Crippen molar-refractivity contribution < 1.29 is 37.8 Å². The number of hydrogen-bond donors (Lipinski definition) is 0. The summed E-state index contributed by atoms with van der Waals surface area (Å²) in [5.41, 5.74) is 0.341. The maximum atomic E-state index is 14.4. The summed E-state index contributed by atoms with van der Waals surface area (Å²) in [5.74, 6) is -6.43. The third kappa shape index (κ3) is 4.38. The van der Waals surface area contributed by atoms with Crippen molar-refractivity contribution in [3.8, 4) is 0 Å². The first kappa shape index (κ1) is 31.0. The van der Waals surface area contributed by atoms with Gasteiger partial charge in [0.15, 0.2) is 0 Å². The monoisotopic (exact) mass is 680 g/mol. The number of fused-ring (bicyclic) bond motifs is 5. The summed E-state index contributed by atoms with van der Waals surface area (Å²) in [6, 6.07) is 15.1. The van der Waals surface area contributed by atoms with Crippen LogP contribution in [0, 0.1) is 43.7 Å². The van der Waals surface area contributed by atoms with Crippen LogP contribution in [0.25, 0.3) is 0 Å². The smallest absolute Gasteiger partial charge is 0.269 e. The predicted molar refractivity (Wildman–Crippen MR) is 168 cm³/mol. The largest absolute Gasteiger partial charge is 0.274 e. The van der Waals surface area contributed by atoms with Crippen molar-refractivity contribution in [2.24, 2.45) is 11.8 Å². The van der Waals surface area contributed by atoms with Gasteiger partial charge in [0.2, 0.25) is 11.8 Å². The fourth-order valence-corrected chi connectivity index (χ4v) is 7.77. The zero-order valence-corrected chi connectivity index (χ0v) is 25.4. The molecule has 0 radical (unpaired) electrons. The molecule has 4 amide bonds. The van der Waals surface area contributed by atoms with Crippen LogP contribution in [-0.2, 0) is 19.2 Å². The molecule has 0 aromatic heterocycles. The highest BCUT2D eigenvalue weighted by Gasteiger charge is 2.73. The van der Waals surface area contributed by atoms with Gasteiger partial charge in [0.1, 0.15) is 23.7 Å². The number of hydrogen-bond acceptors (Lipinski definition) is 10. The van der Waals surface area contributed by atoms with E-state index in [0.717, 1.165) is 34.1 Å². The van der Waals surface area contributed by atoms with Crippen molar-refractivity contribution in [3.63, 3.8) is 0 Å². The molecule has 4 heterocycles. The summed E-state index contributed by atoms with van der Waals surface area (Å²) >= 11 is 0. The Hall–Kier alpha value is -6.26. The van der Waals surface area contributed by atoms with Gasteiger partial charge in [-0.15, -0.1) is 0 Å². The number of nitro benzene ring substituents is 2. The quantitative estimate of drug-likeness (QED) is 0.163. The molecular formula is C34H22F2N6O8. The average Bonchev–Trinajstić information content (AvgIpc) is 3.77. The van der Waals surface area contributed by atoms with E-state index in [4.69, 9.17) is 0 Å². The van der Waals surface area contributed by atoms with Crippen molar-refractivity contribution in [3.05, 3.63) is 140 Å². The van der Waals surface area contributed by atoms with E-state index < -0.39 is 81.1 Å². The Morgan fingerprint density at radius 3 is 1.08 bits per heavy atom. The average molecular weight is 681 g/mol. The molecule has 4 aliphatic rings. The van der Waals surface area contributed by atoms with E-state index in [9.17, 15) is 48.2 Å². The Morgan fingerprint density at radius 2 is 0.780 bits per heavy atom. The van der Waals surface area contributed by atoms with Gasteiger partial charge in [-0.3, -0.25) is 39.4 Å². The third-order valence-corrected chi connectivity index (χ3v) is 9.79. The Bertz CT molecular complexity index is 1980. The molecule has 50 heavy (non-hydrogen) atoms. The fraction of sp³-hybridized carbons (Fsp3) is 0.176. The fourth-order valence-electron chi connectivity index (χ4n) is 7.77. The normalized spacial score (nSPS) is 26.0. The second-order valence-corrected chi connectivity index (χ2v) is 12.3. The van der Waals surface area contributed by atoms with E-state index in [2.05, 4.69) is 0 Å². The minimum atomic E-state index is -1.31. The molecule has 0 N–H and O–H groups in total. The SMILES string of the molecule is O=C1C2C(C(=O)N1c1ccc(F)cc1)N1C(c3ccc([N+](=O)[O-])cc3)C3C(=O)N(c4ccc(F)cc4)C(=O)C3N1C2c1ccc([N+](=O)[O-])cc1. The molecule has 0 bridgehead atoms. The van der Waals surface area contributed by atoms with Crippen LogP contribution in [0.2, 0.25) is 0 Å². The van der Waals surface area contributed by atoms with Crippen molar-refractivity contribution in [1.82, 2.24) is 10.0 Å². The summed E-state index contributed by atoms with van der Waals surface area (Å²) < 4.78 is 27.7. The second-order valence-electron chi connectivity index (χ2n) is 12.3. The lowest BCUT2D eigenvalue weighted by atomic mass is 9.84. The van der Waals surface area contributed by atoms with Crippen LogP contribution in [0.5, 0.6) is 0 Å². The Kier molecular flexibility index (Phi) is 6.92. The van der Waals surface area contributed by atoms with Crippen LogP contribution in [0.15, 0.2) is 97.1 Å². The number of benzene rings is 4. The number of hydrazine groups is 1. The number of anilines is 2. The van der Waals surface area contributed by atoms with Crippen LogP contribution in [0.1, 0.15) is 23.2 Å². The minimum Gasteiger partial charge on any atom is -0.274 e. The van der Waals surface area contributed by atoms with Gasteiger partial charge in [-0.2, -0.15) is 0 Å². The number of nitro groups is 2. The van der Waals surface area contributed by atoms with E-state index in [1.54, 1.807) is 0 Å². The molecule has 0 saturated carbocycles. The number of amides is 4. The number of imide groups is 2. The lowest BCUT2D eigenvalue weighted by Gasteiger charge is -2.35. The molecule has 8 rings (SSSR count). The topological polar surface area (TPSA) is 168 Å². The number of carbonyl (C=O) groups excluding carboxylic acids is 4. The van der Waals surface area contributed by atoms with Gasteiger partial charge in [-0.1, -0.05) is 24.3 Å². The van der Waals surface area contributed by atoms with Gasteiger partial charge >= 0.3 is 0 Å². The summed E-state index contributed by atoms with van der Waals surface area (Å²) in [6.07, 6.45) is 0. The highest BCUT2D eigenvalue weighted by molar-refractivity contribution is 6.26. The van der Waals surface area contributed by atoms with Crippen molar-refractivity contribution in [2.45, 2.75) is 24.2 Å². The Labute approximate surface area is 280 Å². The molecular weight excluding hydrogens is 658 g/mol. The molecule has 6 atom stereocenters. The van der Waals surface area contributed by atoms with E-state index in [-0.39, 0.29) is 22.7 Å².